The summed E-state index contributed by atoms with van der Waals surface area (Å²) in [5.74, 6) is 1.31. The van der Waals surface area contributed by atoms with E-state index in [0.717, 1.165) is 31.1 Å². The number of rotatable bonds is 4. The topological polar surface area (TPSA) is 59.1 Å². The molecular weight excluding hydrogens is 276 g/mol. The van der Waals surface area contributed by atoms with Crippen LogP contribution in [0.5, 0.6) is 0 Å². The first-order valence-corrected chi connectivity index (χ1v) is 7.91. The number of anilines is 2. The fourth-order valence-electron chi connectivity index (χ4n) is 2.73. The van der Waals surface area contributed by atoms with Crippen LogP contribution in [0.25, 0.3) is 0 Å². The lowest BCUT2D eigenvalue weighted by atomic mass is 10.1. The Morgan fingerprint density at radius 1 is 1.14 bits per heavy atom. The summed E-state index contributed by atoms with van der Waals surface area (Å²) in [7, 11) is 0. The van der Waals surface area contributed by atoms with Crippen molar-refractivity contribution in [1.82, 2.24) is 15.3 Å². The highest BCUT2D eigenvalue weighted by Gasteiger charge is 2.25. The average molecular weight is 296 g/mol. The number of nitrogens with zero attached hydrogens (tertiary/aromatic N) is 2. The maximum atomic E-state index is 5.76. The van der Waals surface area contributed by atoms with Gasteiger partial charge in [0.2, 0.25) is 5.95 Å². The number of hydrogen-bond acceptors (Lipinski definition) is 5. The van der Waals surface area contributed by atoms with Crippen molar-refractivity contribution in [1.29, 1.82) is 0 Å². The van der Waals surface area contributed by atoms with Crippen LogP contribution in [0.3, 0.4) is 0 Å². The van der Waals surface area contributed by atoms with Gasteiger partial charge in [-0.15, -0.1) is 0 Å². The van der Waals surface area contributed by atoms with Gasteiger partial charge in [-0.1, -0.05) is 12.1 Å². The Hall–Kier alpha value is -1.98. The van der Waals surface area contributed by atoms with Crippen molar-refractivity contribution in [2.24, 2.45) is 0 Å². The predicted molar refractivity (Wildman–Crippen MR) is 85.3 cm³/mol. The molecule has 1 saturated heterocycles. The van der Waals surface area contributed by atoms with Crippen LogP contribution < -0.4 is 10.6 Å². The molecule has 1 aliphatic heterocycles. The molecule has 0 spiro atoms. The molecule has 1 aliphatic carbocycles. The van der Waals surface area contributed by atoms with Crippen molar-refractivity contribution < 1.29 is 4.74 Å². The maximum absolute atomic E-state index is 5.76. The lowest BCUT2D eigenvalue weighted by Crippen LogP contribution is -2.33. The first kappa shape index (κ1) is 13.7. The Bertz CT molecular complexity index is 633. The molecule has 1 atom stereocenters. The SMILES string of the molecule is c1cc(C2CC2)nc(Nc2ccc(C3CNCCO3)cc2)n1. The second kappa shape index (κ2) is 6.02. The summed E-state index contributed by atoms with van der Waals surface area (Å²) in [4.78, 5) is 8.89. The summed E-state index contributed by atoms with van der Waals surface area (Å²) in [6.45, 7) is 2.58. The molecule has 1 aromatic heterocycles. The van der Waals surface area contributed by atoms with Crippen LogP contribution in [0.1, 0.15) is 36.1 Å². The molecule has 4 rings (SSSR count). The van der Waals surface area contributed by atoms with E-state index in [-0.39, 0.29) is 6.10 Å². The van der Waals surface area contributed by atoms with E-state index >= 15 is 0 Å². The molecule has 0 amide bonds. The summed E-state index contributed by atoms with van der Waals surface area (Å²) in [6, 6.07) is 10.3. The minimum atomic E-state index is 0.150. The van der Waals surface area contributed by atoms with Crippen LogP contribution in [0.15, 0.2) is 36.5 Å². The first-order valence-electron chi connectivity index (χ1n) is 7.91. The molecule has 2 aliphatic rings. The Balaban J connectivity index is 1.45. The zero-order chi connectivity index (χ0) is 14.8. The summed E-state index contributed by atoms with van der Waals surface area (Å²) in [5, 5.41) is 6.63. The van der Waals surface area contributed by atoms with E-state index < -0.39 is 0 Å². The monoisotopic (exact) mass is 296 g/mol. The van der Waals surface area contributed by atoms with Gasteiger partial charge in [0, 0.05) is 36.6 Å². The quantitative estimate of drug-likeness (QED) is 0.908. The van der Waals surface area contributed by atoms with Crippen LogP contribution in [-0.4, -0.2) is 29.7 Å². The fourth-order valence-corrected chi connectivity index (χ4v) is 2.73. The number of morpholine rings is 1. The smallest absolute Gasteiger partial charge is 0.227 e. The van der Waals surface area contributed by atoms with Crippen LogP contribution >= 0.6 is 0 Å². The van der Waals surface area contributed by atoms with E-state index in [2.05, 4.69) is 44.9 Å². The average Bonchev–Trinajstić information content (AvgIpc) is 3.42. The van der Waals surface area contributed by atoms with E-state index in [0.29, 0.717) is 11.9 Å². The summed E-state index contributed by atoms with van der Waals surface area (Å²) in [5.41, 5.74) is 3.35. The summed E-state index contributed by atoms with van der Waals surface area (Å²) < 4.78 is 5.76. The molecule has 5 heteroatoms. The van der Waals surface area contributed by atoms with Crippen molar-refractivity contribution in [3.05, 3.63) is 47.8 Å². The third-order valence-electron chi connectivity index (χ3n) is 4.14. The third kappa shape index (κ3) is 3.10. The van der Waals surface area contributed by atoms with E-state index in [9.17, 15) is 0 Å². The molecule has 0 radical (unpaired) electrons. The molecule has 0 bridgehead atoms. The second-order valence-electron chi connectivity index (χ2n) is 5.89. The molecule has 1 saturated carbocycles. The van der Waals surface area contributed by atoms with E-state index in [4.69, 9.17) is 4.74 Å². The number of benzene rings is 1. The third-order valence-corrected chi connectivity index (χ3v) is 4.14. The van der Waals surface area contributed by atoms with Crippen LogP contribution in [0, 0.1) is 0 Å². The molecule has 5 nitrogen and oxygen atoms in total. The molecular formula is C17H20N4O. The highest BCUT2D eigenvalue weighted by molar-refractivity contribution is 5.54. The minimum Gasteiger partial charge on any atom is -0.371 e. The normalized spacial score (nSPS) is 21.5. The lowest BCUT2D eigenvalue weighted by Gasteiger charge is -2.24. The standard InChI is InChI=1S/C17H20N4O/c1-2-12(1)15-7-8-19-17(21-15)20-14-5-3-13(4-6-14)16-11-18-9-10-22-16/h3-8,12,16,18H,1-2,9-11H2,(H,19,20,21). The van der Waals surface area contributed by atoms with Gasteiger partial charge >= 0.3 is 0 Å². The van der Waals surface area contributed by atoms with Crippen molar-refractivity contribution in [2.75, 3.05) is 25.0 Å². The first-order chi connectivity index (χ1) is 10.9. The molecule has 2 aromatic rings. The Morgan fingerprint density at radius 3 is 2.73 bits per heavy atom. The molecule has 114 valence electrons. The van der Waals surface area contributed by atoms with Crippen molar-refractivity contribution in [3.8, 4) is 0 Å². The molecule has 1 unspecified atom stereocenters. The van der Waals surface area contributed by atoms with Crippen LogP contribution in [0.2, 0.25) is 0 Å². The van der Waals surface area contributed by atoms with Crippen molar-refractivity contribution in [3.63, 3.8) is 0 Å². The van der Waals surface area contributed by atoms with Gasteiger partial charge < -0.3 is 15.4 Å². The van der Waals surface area contributed by atoms with Gasteiger partial charge in [0.1, 0.15) is 0 Å². The molecule has 2 fully saturated rings. The predicted octanol–water partition coefficient (Wildman–Crippen LogP) is 2.76. The van der Waals surface area contributed by atoms with Gasteiger partial charge in [0.15, 0.2) is 0 Å². The second-order valence-corrected chi connectivity index (χ2v) is 5.89. The van der Waals surface area contributed by atoms with Crippen LogP contribution in [-0.2, 0) is 4.74 Å². The van der Waals surface area contributed by atoms with Crippen molar-refractivity contribution >= 4 is 11.6 Å². The molecule has 2 N–H and O–H groups in total. The van der Waals surface area contributed by atoms with E-state index in [1.165, 1.54) is 18.4 Å². The number of hydrogen-bond donors (Lipinski definition) is 2. The molecule has 2 heterocycles. The fraction of sp³-hybridized carbons (Fsp3) is 0.412. The van der Waals surface area contributed by atoms with Crippen molar-refractivity contribution in [2.45, 2.75) is 24.9 Å². The lowest BCUT2D eigenvalue weighted by molar-refractivity contribution is 0.0277. The van der Waals surface area contributed by atoms with Crippen LogP contribution in [0.4, 0.5) is 11.6 Å². The zero-order valence-corrected chi connectivity index (χ0v) is 12.5. The van der Waals surface area contributed by atoms with Gasteiger partial charge in [-0.05, 0) is 36.6 Å². The van der Waals surface area contributed by atoms with Gasteiger partial charge in [0.05, 0.1) is 12.7 Å². The molecule has 1 aromatic carbocycles. The Kier molecular flexibility index (Phi) is 3.74. The Labute approximate surface area is 130 Å². The highest BCUT2D eigenvalue weighted by Crippen LogP contribution is 2.39. The van der Waals surface area contributed by atoms with Gasteiger partial charge in [0.25, 0.3) is 0 Å². The number of ether oxygens (including phenoxy) is 1. The number of aromatic nitrogens is 2. The summed E-state index contributed by atoms with van der Waals surface area (Å²) in [6.07, 6.45) is 4.48. The van der Waals surface area contributed by atoms with E-state index in [1.54, 1.807) is 0 Å². The maximum Gasteiger partial charge on any atom is 0.227 e. The van der Waals surface area contributed by atoms with Gasteiger partial charge in [-0.25, -0.2) is 9.97 Å². The van der Waals surface area contributed by atoms with E-state index in [1.807, 2.05) is 12.3 Å². The highest BCUT2D eigenvalue weighted by atomic mass is 16.5. The zero-order valence-electron chi connectivity index (χ0n) is 12.5. The molecule has 22 heavy (non-hydrogen) atoms. The Morgan fingerprint density at radius 2 is 2.00 bits per heavy atom. The van der Waals surface area contributed by atoms with Gasteiger partial charge in [-0.3, -0.25) is 0 Å². The number of nitrogens with one attached hydrogen (secondary N) is 2. The largest absolute Gasteiger partial charge is 0.371 e. The van der Waals surface area contributed by atoms with Gasteiger partial charge in [-0.2, -0.15) is 0 Å². The minimum absolute atomic E-state index is 0.150. The summed E-state index contributed by atoms with van der Waals surface area (Å²) >= 11 is 0.